The van der Waals surface area contributed by atoms with Crippen molar-refractivity contribution in [3.05, 3.63) is 29.6 Å². The van der Waals surface area contributed by atoms with Crippen LogP contribution in [0.5, 0.6) is 5.75 Å². The number of amidine groups is 1. The average molecular weight is 303 g/mol. The molecule has 1 amide bonds. The van der Waals surface area contributed by atoms with Crippen LogP contribution in [0.3, 0.4) is 0 Å². The van der Waals surface area contributed by atoms with E-state index in [0.717, 1.165) is 24.0 Å². The Labute approximate surface area is 115 Å². The minimum absolute atomic E-state index is 0.0539. The van der Waals surface area contributed by atoms with Crippen molar-refractivity contribution in [1.82, 2.24) is 5.32 Å². The van der Waals surface area contributed by atoms with Crippen LogP contribution in [-0.2, 0) is 4.79 Å². The Morgan fingerprint density at radius 2 is 2.25 bits per heavy atom. The van der Waals surface area contributed by atoms with Gasteiger partial charge < -0.3 is 10.1 Å². The molecule has 5 nitrogen and oxygen atoms in total. The average Bonchev–Trinajstić information content (AvgIpc) is 2.79. The summed E-state index contributed by atoms with van der Waals surface area (Å²) >= 11 is 1.16. The number of ether oxygens (including phenoxy) is 1. The summed E-state index contributed by atoms with van der Waals surface area (Å²) in [4.78, 5) is 10.9. The highest BCUT2D eigenvalue weighted by atomic mass is 32.2. The van der Waals surface area contributed by atoms with Gasteiger partial charge in [-0.15, -0.1) is 5.10 Å². The van der Waals surface area contributed by atoms with E-state index in [1.165, 1.54) is 12.1 Å². The summed E-state index contributed by atoms with van der Waals surface area (Å²) in [6.07, 6.45) is 1.05. The molecule has 0 aromatic heterocycles. The molecule has 1 aromatic rings. The van der Waals surface area contributed by atoms with E-state index < -0.39 is 18.2 Å². The smallest absolute Gasteiger partial charge is 0.387 e. The molecule has 0 unspecified atom stereocenters. The summed E-state index contributed by atoms with van der Waals surface area (Å²) in [7, 11) is 0. The Kier molecular flexibility index (Phi) is 4.61. The third-order valence-electron chi connectivity index (χ3n) is 2.14. The van der Waals surface area contributed by atoms with Gasteiger partial charge in [0.15, 0.2) is 16.7 Å². The number of hydrogen-bond acceptors (Lipinski definition) is 5. The number of thioether (sulfide) groups is 1. The minimum atomic E-state index is -3.11. The monoisotopic (exact) mass is 303 g/mol. The lowest BCUT2D eigenvalue weighted by atomic mass is 10.2. The van der Waals surface area contributed by atoms with Crippen molar-refractivity contribution in [2.75, 3.05) is 5.75 Å². The summed E-state index contributed by atoms with van der Waals surface area (Å²) < 4.78 is 41.8. The quantitative estimate of drug-likeness (QED) is 0.683. The number of carbonyl (C=O) groups is 1. The van der Waals surface area contributed by atoms with Gasteiger partial charge in [0.25, 0.3) is 0 Å². The van der Waals surface area contributed by atoms with Crippen LogP contribution in [0.15, 0.2) is 28.4 Å². The molecule has 20 heavy (non-hydrogen) atoms. The van der Waals surface area contributed by atoms with Crippen molar-refractivity contribution in [3.63, 3.8) is 0 Å². The number of amides is 1. The molecule has 9 heteroatoms. The van der Waals surface area contributed by atoms with E-state index in [9.17, 15) is 18.0 Å². The topological polar surface area (TPSA) is 63.0 Å². The third-order valence-corrected chi connectivity index (χ3v) is 3.00. The molecule has 0 atom stereocenters. The van der Waals surface area contributed by atoms with Crippen molar-refractivity contribution in [1.29, 1.82) is 0 Å². The van der Waals surface area contributed by atoms with Crippen LogP contribution in [-0.4, -0.2) is 29.7 Å². The van der Waals surface area contributed by atoms with Crippen molar-refractivity contribution in [3.8, 4) is 5.75 Å². The number of benzene rings is 1. The number of halogens is 3. The van der Waals surface area contributed by atoms with E-state index in [1.807, 2.05) is 0 Å². The minimum Gasteiger partial charge on any atom is -0.432 e. The molecule has 0 radical (unpaired) electrons. The molecule has 1 aromatic carbocycles. The molecule has 1 fully saturated rings. The van der Waals surface area contributed by atoms with Crippen LogP contribution in [0, 0.1) is 5.82 Å². The van der Waals surface area contributed by atoms with Crippen LogP contribution in [0.25, 0.3) is 0 Å². The largest absolute Gasteiger partial charge is 0.432 e. The zero-order valence-corrected chi connectivity index (χ0v) is 10.7. The zero-order valence-electron chi connectivity index (χ0n) is 9.85. The van der Waals surface area contributed by atoms with Gasteiger partial charge in [0, 0.05) is 5.56 Å². The van der Waals surface area contributed by atoms with Crippen molar-refractivity contribution in [2.24, 2.45) is 10.2 Å². The molecule has 0 spiro atoms. The first-order chi connectivity index (χ1) is 9.56. The zero-order chi connectivity index (χ0) is 14.5. The van der Waals surface area contributed by atoms with Crippen LogP contribution in [0.4, 0.5) is 13.2 Å². The Morgan fingerprint density at radius 3 is 2.90 bits per heavy atom. The van der Waals surface area contributed by atoms with Gasteiger partial charge in [-0.25, -0.2) is 4.39 Å². The van der Waals surface area contributed by atoms with Crippen LogP contribution in [0.2, 0.25) is 0 Å². The van der Waals surface area contributed by atoms with Crippen molar-refractivity contribution in [2.45, 2.75) is 6.61 Å². The van der Waals surface area contributed by atoms with Gasteiger partial charge in [0.2, 0.25) is 5.91 Å². The predicted molar refractivity (Wildman–Crippen MR) is 68.7 cm³/mol. The van der Waals surface area contributed by atoms with Crippen LogP contribution < -0.4 is 10.1 Å². The lowest BCUT2D eigenvalue weighted by Gasteiger charge is -2.06. The highest BCUT2D eigenvalue weighted by Gasteiger charge is 2.16. The molecule has 1 saturated heterocycles. The number of carbonyl (C=O) groups excluding carboxylic acids is 1. The number of alkyl halides is 2. The van der Waals surface area contributed by atoms with E-state index in [4.69, 9.17) is 0 Å². The molecule has 0 bridgehead atoms. The summed E-state index contributed by atoms with van der Waals surface area (Å²) in [6, 6.07) is 3.76. The lowest BCUT2D eigenvalue weighted by molar-refractivity contribution is -0.116. The standard InChI is InChI=1S/C11H8F3N3O2S/c12-9-6(2-1-3-7(9)19-10(13)14)4-15-17-11-16-8(18)5-20-11/h1-4,10H,5H2,(H,16,17,18). The fourth-order valence-electron chi connectivity index (χ4n) is 1.34. The molecule has 106 valence electrons. The van der Waals surface area contributed by atoms with Gasteiger partial charge in [-0.1, -0.05) is 23.9 Å². The number of rotatable bonds is 4. The third kappa shape index (κ3) is 3.73. The highest BCUT2D eigenvalue weighted by Crippen LogP contribution is 2.21. The van der Waals surface area contributed by atoms with Crippen LogP contribution in [0.1, 0.15) is 5.56 Å². The Hall–Kier alpha value is -2.03. The molecular formula is C11H8F3N3O2S. The Morgan fingerprint density at radius 1 is 1.45 bits per heavy atom. The van der Waals surface area contributed by atoms with Crippen molar-refractivity contribution >= 4 is 29.1 Å². The van der Waals surface area contributed by atoms with Gasteiger partial charge in [0.05, 0.1) is 12.0 Å². The summed E-state index contributed by atoms with van der Waals surface area (Å²) in [5.41, 5.74) is -0.0539. The molecule has 1 N–H and O–H groups in total. The number of nitrogens with zero attached hydrogens (tertiary/aromatic N) is 2. The van der Waals surface area contributed by atoms with E-state index in [-0.39, 0.29) is 17.2 Å². The van der Waals surface area contributed by atoms with Gasteiger partial charge in [0.1, 0.15) is 0 Å². The first kappa shape index (κ1) is 14.4. The van der Waals surface area contributed by atoms with Gasteiger partial charge in [-0.05, 0) is 6.07 Å². The molecule has 2 rings (SSSR count). The summed E-state index contributed by atoms with van der Waals surface area (Å²) in [6.45, 7) is -3.11. The van der Waals surface area contributed by atoms with Gasteiger partial charge in [-0.3, -0.25) is 4.79 Å². The predicted octanol–water partition coefficient (Wildman–Crippen LogP) is 1.98. The van der Waals surface area contributed by atoms with Crippen LogP contribution >= 0.6 is 11.8 Å². The second-order valence-electron chi connectivity index (χ2n) is 3.52. The molecular weight excluding hydrogens is 295 g/mol. The van der Waals surface area contributed by atoms with Gasteiger partial charge >= 0.3 is 6.61 Å². The van der Waals surface area contributed by atoms with E-state index in [0.29, 0.717) is 5.17 Å². The van der Waals surface area contributed by atoms with Crippen molar-refractivity contribution < 1.29 is 22.7 Å². The maximum Gasteiger partial charge on any atom is 0.387 e. The second-order valence-corrected chi connectivity index (χ2v) is 4.49. The molecule has 1 aliphatic heterocycles. The summed E-state index contributed by atoms with van der Waals surface area (Å²) in [5.74, 6) is -1.47. The Balaban J connectivity index is 2.11. The number of hydrogen-bond donors (Lipinski definition) is 1. The second kappa shape index (κ2) is 6.42. The maximum absolute atomic E-state index is 13.7. The fraction of sp³-hybridized carbons (Fsp3) is 0.182. The van der Waals surface area contributed by atoms with E-state index in [2.05, 4.69) is 20.3 Å². The molecule has 0 saturated carbocycles. The normalized spacial score (nSPS) is 17.2. The lowest BCUT2D eigenvalue weighted by Crippen LogP contribution is -2.19. The fourth-order valence-corrected chi connectivity index (χ4v) is 1.97. The Bertz CT molecular complexity index is 578. The SMILES string of the molecule is O=C1CSC(=NN=Cc2cccc(OC(F)F)c2F)N1. The maximum atomic E-state index is 13.7. The molecule has 1 heterocycles. The van der Waals surface area contributed by atoms with E-state index >= 15 is 0 Å². The molecule has 0 aliphatic carbocycles. The first-order valence-corrected chi connectivity index (χ1v) is 6.32. The first-order valence-electron chi connectivity index (χ1n) is 5.33. The van der Waals surface area contributed by atoms with E-state index in [1.54, 1.807) is 0 Å². The highest BCUT2D eigenvalue weighted by molar-refractivity contribution is 8.15. The molecule has 1 aliphatic rings. The number of nitrogens with one attached hydrogen (secondary N) is 1. The summed E-state index contributed by atoms with van der Waals surface area (Å²) in [5, 5.41) is 9.98. The van der Waals surface area contributed by atoms with Gasteiger partial charge in [-0.2, -0.15) is 13.9 Å².